The van der Waals surface area contributed by atoms with Crippen LogP contribution in [0.2, 0.25) is 5.02 Å². The lowest BCUT2D eigenvalue weighted by Crippen LogP contribution is -2.19. The highest BCUT2D eigenvalue weighted by atomic mass is 35.5. The van der Waals surface area contributed by atoms with Gasteiger partial charge in [-0.15, -0.1) is 13.2 Å². The van der Waals surface area contributed by atoms with Crippen LogP contribution in [-0.4, -0.2) is 6.36 Å². The molecule has 0 unspecified atom stereocenters. The maximum Gasteiger partial charge on any atom is 0.573 e. The van der Waals surface area contributed by atoms with Crippen LogP contribution in [0, 0.1) is 0 Å². The third kappa shape index (κ3) is 3.17. The van der Waals surface area contributed by atoms with Gasteiger partial charge in [-0.25, -0.2) is 0 Å². The Labute approximate surface area is 88.8 Å². The van der Waals surface area contributed by atoms with Crippen LogP contribution < -0.4 is 16.2 Å². The number of alkyl halides is 3. The second-order valence-corrected chi connectivity index (χ2v) is 3.14. The zero-order valence-electron chi connectivity index (χ0n) is 7.44. The van der Waals surface area contributed by atoms with Crippen molar-refractivity contribution in [2.75, 3.05) is 5.73 Å². The second-order valence-electron chi connectivity index (χ2n) is 2.73. The number of halogens is 4. The summed E-state index contributed by atoms with van der Waals surface area (Å²) in [4.78, 5) is 0. The third-order valence-electron chi connectivity index (χ3n) is 1.63. The summed E-state index contributed by atoms with van der Waals surface area (Å²) in [6.45, 7) is -0.120. The van der Waals surface area contributed by atoms with Crippen molar-refractivity contribution >= 4 is 17.3 Å². The summed E-state index contributed by atoms with van der Waals surface area (Å²) in [5.41, 5.74) is 10.7. The molecule has 0 saturated heterocycles. The fourth-order valence-corrected chi connectivity index (χ4v) is 1.18. The number of hydrogen-bond acceptors (Lipinski definition) is 3. The van der Waals surface area contributed by atoms with E-state index in [0.29, 0.717) is 0 Å². The average molecular weight is 241 g/mol. The fraction of sp³-hybridized carbons (Fsp3) is 0.250. The predicted octanol–water partition coefficient (Wildman–Crippen LogP) is 2.28. The Balaban J connectivity index is 3.11. The Morgan fingerprint density at radius 3 is 2.40 bits per heavy atom. The van der Waals surface area contributed by atoms with Crippen molar-refractivity contribution in [3.05, 3.63) is 22.7 Å². The van der Waals surface area contributed by atoms with E-state index in [-0.39, 0.29) is 22.8 Å². The first-order chi connectivity index (χ1) is 6.83. The molecule has 3 nitrogen and oxygen atoms in total. The lowest BCUT2D eigenvalue weighted by molar-refractivity contribution is -0.274. The molecule has 0 atom stereocenters. The monoisotopic (exact) mass is 240 g/mol. The van der Waals surface area contributed by atoms with E-state index in [1.807, 2.05) is 0 Å². The van der Waals surface area contributed by atoms with Gasteiger partial charge in [0.15, 0.2) is 0 Å². The fourth-order valence-electron chi connectivity index (χ4n) is 0.990. The van der Waals surface area contributed by atoms with Gasteiger partial charge in [0.25, 0.3) is 0 Å². The van der Waals surface area contributed by atoms with Crippen molar-refractivity contribution < 1.29 is 17.9 Å². The summed E-state index contributed by atoms with van der Waals surface area (Å²) in [6.07, 6.45) is -4.77. The molecule has 0 bridgehead atoms. The summed E-state index contributed by atoms with van der Waals surface area (Å²) in [6, 6.07) is 2.25. The van der Waals surface area contributed by atoms with Gasteiger partial charge >= 0.3 is 6.36 Å². The first-order valence-corrected chi connectivity index (χ1v) is 4.25. The lowest BCUT2D eigenvalue weighted by Gasteiger charge is -2.13. The molecular weight excluding hydrogens is 233 g/mol. The highest BCUT2D eigenvalue weighted by Crippen LogP contribution is 2.32. The number of benzene rings is 1. The Bertz CT molecular complexity index is 368. The van der Waals surface area contributed by atoms with Crippen LogP contribution in [0.25, 0.3) is 0 Å². The van der Waals surface area contributed by atoms with E-state index in [1.54, 1.807) is 0 Å². The topological polar surface area (TPSA) is 61.3 Å². The van der Waals surface area contributed by atoms with E-state index in [2.05, 4.69) is 4.74 Å². The van der Waals surface area contributed by atoms with Crippen molar-refractivity contribution in [3.8, 4) is 5.75 Å². The van der Waals surface area contributed by atoms with Crippen LogP contribution in [0.4, 0.5) is 18.9 Å². The van der Waals surface area contributed by atoms with Crippen molar-refractivity contribution in [1.29, 1.82) is 0 Å². The second kappa shape index (κ2) is 4.16. The van der Waals surface area contributed by atoms with Crippen molar-refractivity contribution in [2.24, 2.45) is 5.73 Å². The standard InChI is InChI=1S/C8H8ClF3N2O/c9-5-1-4(3-13)7(2-6(5)14)15-8(10,11)12/h1-2H,3,13-14H2. The number of anilines is 1. The first-order valence-electron chi connectivity index (χ1n) is 3.87. The number of nitrogens with two attached hydrogens (primary N) is 2. The van der Waals surface area contributed by atoms with Crippen LogP contribution in [0.5, 0.6) is 5.75 Å². The Hall–Kier alpha value is -1.14. The smallest absolute Gasteiger partial charge is 0.405 e. The molecule has 0 aromatic heterocycles. The molecule has 84 valence electrons. The highest BCUT2D eigenvalue weighted by molar-refractivity contribution is 6.33. The molecule has 0 radical (unpaired) electrons. The molecule has 0 aliphatic rings. The van der Waals surface area contributed by atoms with E-state index in [1.165, 1.54) is 6.07 Å². The molecule has 4 N–H and O–H groups in total. The molecular formula is C8H8ClF3N2O. The zero-order valence-corrected chi connectivity index (χ0v) is 8.19. The summed E-state index contributed by atoms with van der Waals surface area (Å²) >= 11 is 5.62. The molecule has 1 aromatic rings. The molecule has 0 spiro atoms. The van der Waals surface area contributed by atoms with E-state index < -0.39 is 12.1 Å². The maximum absolute atomic E-state index is 12.0. The Morgan fingerprint density at radius 2 is 1.93 bits per heavy atom. The number of hydrogen-bond donors (Lipinski definition) is 2. The molecule has 1 aromatic carbocycles. The quantitative estimate of drug-likeness (QED) is 0.780. The van der Waals surface area contributed by atoms with Gasteiger partial charge in [0, 0.05) is 18.2 Å². The Kier molecular flexibility index (Phi) is 3.31. The van der Waals surface area contributed by atoms with Crippen LogP contribution in [0.3, 0.4) is 0 Å². The van der Waals surface area contributed by atoms with Gasteiger partial charge in [-0.2, -0.15) is 0 Å². The molecule has 15 heavy (non-hydrogen) atoms. The minimum Gasteiger partial charge on any atom is -0.405 e. The van der Waals surface area contributed by atoms with Crippen LogP contribution in [0.1, 0.15) is 5.56 Å². The van der Waals surface area contributed by atoms with Crippen LogP contribution in [-0.2, 0) is 6.54 Å². The molecule has 0 aliphatic heterocycles. The minimum absolute atomic E-state index is 0.00752. The van der Waals surface area contributed by atoms with E-state index in [4.69, 9.17) is 23.1 Å². The van der Waals surface area contributed by atoms with E-state index >= 15 is 0 Å². The third-order valence-corrected chi connectivity index (χ3v) is 1.95. The van der Waals surface area contributed by atoms with Gasteiger partial charge in [0.2, 0.25) is 0 Å². The van der Waals surface area contributed by atoms with E-state index in [9.17, 15) is 13.2 Å². The van der Waals surface area contributed by atoms with Crippen LogP contribution >= 0.6 is 11.6 Å². The highest BCUT2D eigenvalue weighted by Gasteiger charge is 2.32. The zero-order chi connectivity index (χ0) is 11.6. The molecule has 1 rings (SSSR count). The summed E-state index contributed by atoms with van der Waals surface area (Å²) in [7, 11) is 0. The van der Waals surface area contributed by atoms with E-state index in [0.717, 1.165) is 6.07 Å². The molecule has 0 amide bonds. The predicted molar refractivity (Wildman–Crippen MR) is 50.4 cm³/mol. The van der Waals surface area contributed by atoms with Gasteiger partial charge in [-0.3, -0.25) is 0 Å². The number of nitrogen functional groups attached to an aromatic ring is 1. The lowest BCUT2D eigenvalue weighted by atomic mass is 10.2. The first kappa shape index (κ1) is 11.9. The number of rotatable bonds is 2. The van der Waals surface area contributed by atoms with Gasteiger partial charge < -0.3 is 16.2 Å². The largest absolute Gasteiger partial charge is 0.573 e. The number of ether oxygens (including phenoxy) is 1. The molecule has 0 heterocycles. The van der Waals surface area contributed by atoms with Gasteiger partial charge in [-0.1, -0.05) is 11.6 Å². The normalized spacial score (nSPS) is 11.5. The van der Waals surface area contributed by atoms with Gasteiger partial charge in [-0.05, 0) is 6.07 Å². The molecule has 0 saturated carbocycles. The SMILES string of the molecule is NCc1cc(Cl)c(N)cc1OC(F)(F)F. The molecule has 7 heteroatoms. The van der Waals surface area contributed by atoms with Crippen molar-refractivity contribution in [3.63, 3.8) is 0 Å². The average Bonchev–Trinajstić information content (AvgIpc) is 2.08. The van der Waals surface area contributed by atoms with Crippen molar-refractivity contribution in [2.45, 2.75) is 12.9 Å². The maximum atomic E-state index is 12.0. The summed E-state index contributed by atoms with van der Waals surface area (Å²) in [5.74, 6) is -0.424. The van der Waals surface area contributed by atoms with Crippen molar-refractivity contribution in [1.82, 2.24) is 0 Å². The Morgan fingerprint density at radius 1 is 1.33 bits per heavy atom. The molecule has 0 fully saturated rings. The summed E-state index contributed by atoms with van der Waals surface area (Å²) < 4.78 is 39.6. The minimum atomic E-state index is -4.77. The summed E-state index contributed by atoms with van der Waals surface area (Å²) in [5, 5.41) is 0.143. The van der Waals surface area contributed by atoms with Gasteiger partial charge in [0.05, 0.1) is 10.7 Å². The molecule has 0 aliphatic carbocycles. The van der Waals surface area contributed by atoms with Gasteiger partial charge in [0.1, 0.15) is 5.75 Å². The van der Waals surface area contributed by atoms with Crippen LogP contribution in [0.15, 0.2) is 12.1 Å².